The van der Waals surface area contributed by atoms with Gasteiger partial charge in [0.05, 0.1) is 32.0 Å². The second kappa shape index (κ2) is 51.6. The van der Waals surface area contributed by atoms with E-state index in [1.807, 2.05) is 6.08 Å². The van der Waals surface area contributed by atoms with E-state index in [1.165, 1.54) is 205 Å². The Kier molecular flexibility index (Phi) is 47.9. The highest BCUT2D eigenvalue weighted by molar-refractivity contribution is 5.76. The van der Waals surface area contributed by atoms with Gasteiger partial charge in [-0.05, 0) is 51.4 Å². The van der Waals surface area contributed by atoms with Gasteiger partial charge in [-0.3, -0.25) is 4.79 Å². The first kappa shape index (κ1) is 74.3. The number of unbranched alkanes of at least 4 members (excludes halogenated alkanes) is 37. The van der Waals surface area contributed by atoms with Gasteiger partial charge >= 0.3 is 0 Å². The normalized spacial score (nSPS) is 24.4. The lowest BCUT2D eigenvalue weighted by Crippen LogP contribution is -2.65. The SMILES string of the molecule is CCCCCCC/C=C\C/C=C\CCCCCCCCCCCC(=O)NC(COC1OC(CO)C(OC2OC(CO)C(O)C(O)C2O)C(O)C1O)C(O)/C=C/CCCCCCCCCCCCCCCCCCCCCCCCC. The summed E-state index contributed by atoms with van der Waals surface area (Å²) in [6.07, 6.45) is 47.5. The van der Waals surface area contributed by atoms with Crippen LogP contribution in [0.25, 0.3) is 0 Å². The Balaban J connectivity index is 1.72. The minimum atomic E-state index is -1.79. The Morgan fingerprint density at radius 1 is 0.450 bits per heavy atom. The van der Waals surface area contributed by atoms with Gasteiger partial charge in [-0.15, -0.1) is 0 Å². The molecule has 0 saturated carbocycles. The lowest BCUT2D eigenvalue weighted by atomic mass is 9.97. The lowest BCUT2D eigenvalue weighted by molar-refractivity contribution is -0.359. The minimum absolute atomic E-state index is 0.241. The van der Waals surface area contributed by atoms with E-state index in [9.17, 15) is 45.6 Å². The van der Waals surface area contributed by atoms with Crippen molar-refractivity contribution in [2.75, 3.05) is 19.8 Å². The van der Waals surface area contributed by atoms with Crippen molar-refractivity contribution in [3.05, 3.63) is 36.5 Å². The molecular formula is C66H123NO13. The molecule has 470 valence electrons. The van der Waals surface area contributed by atoms with Crippen LogP contribution in [0.5, 0.6) is 0 Å². The first-order valence-electron chi connectivity index (χ1n) is 33.2. The summed E-state index contributed by atoms with van der Waals surface area (Å²) in [5, 5.41) is 87.3. The van der Waals surface area contributed by atoms with Gasteiger partial charge in [-0.2, -0.15) is 0 Å². The number of hydrogen-bond acceptors (Lipinski definition) is 13. The molecule has 0 spiro atoms. The highest BCUT2D eigenvalue weighted by Crippen LogP contribution is 2.30. The molecule has 0 aromatic carbocycles. The van der Waals surface area contributed by atoms with E-state index >= 15 is 0 Å². The molecule has 12 atom stereocenters. The molecule has 0 aliphatic carbocycles. The molecule has 1 amide bonds. The van der Waals surface area contributed by atoms with Crippen molar-refractivity contribution in [1.29, 1.82) is 0 Å². The molecule has 9 N–H and O–H groups in total. The quantitative estimate of drug-likeness (QED) is 0.0204. The van der Waals surface area contributed by atoms with E-state index in [4.69, 9.17) is 18.9 Å². The van der Waals surface area contributed by atoms with Crippen molar-refractivity contribution in [3.8, 4) is 0 Å². The zero-order chi connectivity index (χ0) is 58.1. The van der Waals surface area contributed by atoms with Crippen LogP contribution in [0, 0.1) is 0 Å². The number of carbonyl (C=O) groups excluding carboxylic acids is 1. The summed E-state index contributed by atoms with van der Waals surface area (Å²) < 4.78 is 22.8. The second-order valence-corrected chi connectivity index (χ2v) is 23.6. The molecule has 12 unspecified atom stereocenters. The van der Waals surface area contributed by atoms with Crippen LogP contribution in [0.4, 0.5) is 0 Å². The van der Waals surface area contributed by atoms with E-state index in [0.717, 1.165) is 51.4 Å². The summed E-state index contributed by atoms with van der Waals surface area (Å²) in [6.45, 7) is 2.82. The first-order chi connectivity index (χ1) is 39.1. The van der Waals surface area contributed by atoms with Crippen LogP contribution in [0.15, 0.2) is 36.5 Å². The Labute approximate surface area is 487 Å². The fourth-order valence-corrected chi connectivity index (χ4v) is 11.0. The molecule has 0 radical (unpaired) electrons. The minimum Gasteiger partial charge on any atom is -0.394 e. The summed E-state index contributed by atoms with van der Waals surface area (Å²) in [4.78, 5) is 13.3. The summed E-state index contributed by atoms with van der Waals surface area (Å²) in [6, 6.07) is -0.918. The Bertz CT molecular complexity index is 1480. The van der Waals surface area contributed by atoms with Gasteiger partial charge in [-0.25, -0.2) is 0 Å². The topological polar surface area (TPSA) is 228 Å². The zero-order valence-corrected chi connectivity index (χ0v) is 50.8. The number of aliphatic hydroxyl groups excluding tert-OH is 8. The molecule has 0 aromatic heterocycles. The highest BCUT2D eigenvalue weighted by Gasteiger charge is 2.51. The molecular weight excluding hydrogens is 1010 g/mol. The van der Waals surface area contributed by atoms with Gasteiger partial charge in [-0.1, -0.05) is 262 Å². The Hall–Kier alpha value is -1.79. The summed E-state index contributed by atoms with van der Waals surface area (Å²) >= 11 is 0. The predicted octanol–water partition coefficient (Wildman–Crippen LogP) is 12.6. The van der Waals surface area contributed by atoms with Crippen molar-refractivity contribution in [3.63, 3.8) is 0 Å². The van der Waals surface area contributed by atoms with Crippen LogP contribution in [0.2, 0.25) is 0 Å². The van der Waals surface area contributed by atoms with E-state index < -0.39 is 86.8 Å². The fraction of sp³-hybridized carbons (Fsp3) is 0.894. The standard InChI is InChI=1S/C66H123NO13/c1-3-5-7-9-11-13-15-17-19-21-23-25-26-27-28-30-31-33-35-37-39-41-43-45-47-49-55(70)54(53-77-65-63(76)61(74)64(57(52-69)79-65)80-66-62(75)60(73)59(72)56(51-68)78-66)67-58(71)50-48-46-44-42-40-38-36-34-32-29-24-22-20-18-16-14-12-10-8-6-4-2/h16,18,22,24,47,49,54-57,59-66,68-70,72-76H,3-15,17,19-21,23,25-46,48,50-53H2,1-2H3,(H,67,71)/b18-16-,24-22-,49-47+. The van der Waals surface area contributed by atoms with E-state index in [0.29, 0.717) is 6.42 Å². The molecule has 80 heavy (non-hydrogen) atoms. The fourth-order valence-electron chi connectivity index (χ4n) is 11.0. The third kappa shape index (κ3) is 36.1. The maximum atomic E-state index is 13.3. The molecule has 2 aliphatic heterocycles. The van der Waals surface area contributed by atoms with Crippen LogP contribution in [0.1, 0.15) is 284 Å². The average Bonchev–Trinajstić information content (AvgIpc) is 3.46. The molecule has 0 aromatic rings. The monoisotopic (exact) mass is 1140 g/mol. The predicted molar refractivity (Wildman–Crippen MR) is 323 cm³/mol. The molecule has 14 nitrogen and oxygen atoms in total. The van der Waals surface area contributed by atoms with Crippen molar-refractivity contribution < 1.29 is 64.6 Å². The van der Waals surface area contributed by atoms with Gasteiger partial charge in [0, 0.05) is 6.42 Å². The number of amides is 1. The average molecular weight is 1140 g/mol. The number of hydrogen-bond donors (Lipinski definition) is 9. The number of ether oxygens (including phenoxy) is 4. The highest BCUT2D eigenvalue weighted by atomic mass is 16.7. The van der Waals surface area contributed by atoms with Crippen molar-refractivity contribution in [2.24, 2.45) is 0 Å². The smallest absolute Gasteiger partial charge is 0.220 e. The van der Waals surface area contributed by atoms with E-state index in [2.05, 4.69) is 43.5 Å². The van der Waals surface area contributed by atoms with Crippen LogP contribution in [-0.2, 0) is 23.7 Å². The number of nitrogens with one attached hydrogen (secondary N) is 1. The number of rotatable bonds is 54. The summed E-state index contributed by atoms with van der Waals surface area (Å²) in [5.41, 5.74) is 0. The lowest BCUT2D eigenvalue weighted by Gasteiger charge is -2.46. The third-order valence-electron chi connectivity index (χ3n) is 16.3. The molecule has 2 saturated heterocycles. The van der Waals surface area contributed by atoms with Crippen molar-refractivity contribution >= 4 is 5.91 Å². The van der Waals surface area contributed by atoms with E-state index in [1.54, 1.807) is 6.08 Å². The van der Waals surface area contributed by atoms with Gasteiger partial charge in [0.1, 0.15) is 48.8 Å². The van der Waals surface area contributed by atoms with E-state index in [-0.39, 0.29) is 18.9 Å². The Morgan fingerprint density at radius 3 is 1.25 bits per heavy atom. The number of allylic oxidation sites excluding steroid dienone is 5. The number of carbonyl (C=O) groups is 1. The molecule has 2 heterocycles. The summed E-state index contributed by atoms with van der Waals surface area (Å²) in [5.74, 6) is -0.241. The van der Waals surface area contributed by atoms with Crippen molar-refractivity contribution in [2.45, 2.75) is 357 Å². The maximum Gasteiger partial charge on any atom is 0.220 e. The third-order valence-corrected chi connectivity index (χ3v) is 16.3. The largest absolute Gasteiger partial charge is 0.394 e. The Morgan fingerprint density at radius 2 is 0.825 bits per heavy atom. The molecule has 2 aliphatic rings. The first-order valence-corrected chi connectivity index (χ1v) is 33.2. The zero-order valence-electron chi connectivity index (χ0n) is 50.8. The number of aliphatic hydroxyl groups is 8. The molecule has 2 rings (SSSR count). The van der Waals surface area contributed by atoms with Crippen LogP contribution in [0.3, 0.4) is 0 Å². The van der Waals surface area contributed by atoms with Crippen molar-refractivity contribution in [1.82, 2.24) is 5.32 Å². The van der Waals surface area contributed by atoms with Gasteiger partial charge in [0.15, 0.2) is 12.6 Å². The van der Waals surface area contributed by atoms with Gasteiger partial charge in [0.2, 0.25) is 5.91 Å². The van der Waals surface area contributed by atoms with Gasteiger partial charge < -0.3 is 65.1 Å². The molecule has 0 bridgehead atoms. The second-order valence-electron chi connectivity index (χ2n) is 23.6. The molecule has 2 fully saturated rings. The van der Waals surface area contributed by atoms with Crippen LogP contribution in [-0.4, -0.2) is 140 Å². The van der Waals surface area contributed by atoms with Crippen LogP contribution >= 0.6 is 0 Å². The molecule has 14 heteroatoms. The summed E-state index contributed by atoms with van der Waals surface area (Å²) in [7, 11) is 0. The van der Waals surface area contributed by atoms with Gasteiger partial charge in [0.25, 0.3) is 0 Å². The van der Waals surface area contributed by atoms with Crippen LogP contribution < -0.4 is 5.32 Å². The maximum absolute atomic E-state index is 13.3.